The standard InChI is InChI=1S/C16H30N2O2/c1-5-20-13-9-16(17,15(13,3)4)14(19)18-10-12-8-6-7-11(12)2/h11-13H,5-10,17H2,1-4H3,(H,18,19). The highest BCUT2D eigenvalue weighted by Crippen LogP contribution is 2.49. The molecule has 20 heavy (non-hydrogen) atoms. The summed E-state index contributed by atoms with van der Waals surface area (Å²) in [6.07, 6.45) is 4.51. The number of hydrogen-bond donors (Lipinski definition) is 2. The Morgan fingerprint density at radius 3 is 2.60 bits per heavy atom. The van der Waals surface area contributed by atoms with Crippen LogP contribution in [0.15, 0.2) is 0 Å². The van der Waals surface area contributed by atoms with Gasteiger partial charge >= 0.3 is 0 Å². The second-order valence-corrected chi connectivity index (χ2v) is 7.22. The average Bonchev–Trinajstić information content (AvgIpc) is 2.81. The van der Waals surface area contributed by atoms with Gasteiger partial charge in [-0.3, -0.25) is 4.79 Å². The molecule has 116 valence electrons. The summed E-state index contributed by atoms with van der Waals surface area (Å²) in [6.45, 7) is 9.78. The molecule has 0 bridgehead atoms. The first-order valence-corrected chi connectivity index (χ1v) is 8.01. The average molecular weight is 282 g/mol. The highest BCUT2D eigenvalue weighted by Gasteiger charge is 2.62. The SMILES string of the molecule is CCOC1CC(N)(C(=O)NCC2CCCC2C)C1(C)C. The molecule has 4 atom stereocenters. The minimum absolute atomic E-state index is 0.00227. The highest BCUT2D eigenvalue weighted by molar-refractivity contribution is 5.88. The van der Waals surface area contributed by atoms with Gasteiger partial charge in [-0.05, 0) is 25.2 Å². The normalized spacial score (nSPS) is 39.4. The fourth-order valence-electron chi connectivity index (χ4n) is 3.73. The molecule has 1 amide bonds. The number of carbonyl (C=O) groups is 1. The van der Waals surface area contributed by atoms with Gasteiger partial charge in [-0.15, -0.1) is 0 Å². The lowest BCUT2D eigenvalue weighted by Crippen LogP contribution is -2.75. The molecule has 4 unspecified atom stereocenters. The maximum atomic E-state index is 12.5. The van der Waals surface area contributed by atoms with Crippen LogP contribution in [0.5, 0.6) is 0 Å². The third-order valence-electron chi connectivity index (χ3n) is 5.80. The van der Waals surface area contributed by atoms with E-state index in [0.717, 1.165) is 12.5 Å². The van der Waals surface area contributed by atoms with Crippen molar-refractivity contribution in [3.63, 3.8) is 0 Å². The first-order chi connectivity index (χ1) is 9.33. The Morgan fingerprint density at radius 1 is 1.40 bits per heavy atom. The number of rotatable bonds is 5. The highest BCUT2D eigenvalue weighted by atomic mass is 16.5. The molecule has 2 saturated carbocycles. The van der Waals surface area contributed by atoms with Crippen molar-refractivity contribution in [1.29, 1.82) is 0 Å². The van der Waals surface area contributed by atoms with E-state index >= 15 is 0 Å². The summed E-state index contributed by atoms with van der Waals surface area (Å²) >= 11 is 0. The van der Waals surface area contributed by atoms with E-state index in [1.165, 1.54) is 19.3 Å². The van der Waals surface area contributed by atoms with Crippen LogP contribution in [0.2, 0.25) is 0 Å². The zero-order chi connectivity index (χ0) is 15.0. The predicted octanol–water partition coefficient (Wildman–Crippen LogP) is 2.07. The third-order valence-corrected chi connectivity index (χ3v) is 5.80. The van der Waals surface area contributed by atoms with Crippen LogP contribution in [0.25, 0.3) is 0 Å². The van der Waals surface area contributed by atoms with Gasteiger partial charge in [0, 0.05) is 25.0 Å². The molecule has 4 nitrogen and oxygen atoms in total. The lowest BCUT2D eigenvalue weighted by atomic mass is 9.54. The largest absolute Gasteiger partial charge is 0.378 e. The van der Waals surface area contributed by atoms with Crippen molar-refractivity contribution >= 4 is 5.91 Å². The summed E-state index contributed by atoms with van der Waals surface area (Å²) in [5, 5.41) is 3.10. The van der Waals surface area contributed by atoms with Crippen LogP contribution in [-0.4, -0.2) is 30.7 Å². The molecule has 4 heteroatoms. The summed E-state index contributed by atoms with van der Waals surface area (Å²) < 4.78 is 5.67. The molecule has 0 radical (unpaired) electrons. The van der Waals surface area contributed by atoms with E-state index < -0.39 is 5.54 Å². The maximum absolute atomic E-state index is 12.5. The first-order valence-electron chi connectivity index (χ1n) is 8.01. The summed E-state index contributed by atoms with van der Waals surface area (Å²) in [4.78, 5) is 12.5. The second kappa shape index (κ2) is 5.64. The molecule has 0 heterocycles. The van der Waals surface area contributed by atoms with E-state index in [-0.39, 0.29) is 17.4 Å². The molecule has 0 aromatic carbocycles. The van der Waals surface area contributed by atoms with E-state index in [2.05, 4.69) is 12.2 Å². The van der Waals surface area contributed by atoms with E-state index in [1.54, 1.807) is 0 Å². The quantitative estimate of drug-likeness (QED) is 0.811. The van der Waals surface area contributed by atoms with Gasteiger partial charge in [0.15, 0.2) is 0 Å². The van der Waals surface area contributed by atoms with Crippen molar-refractivity contribution in [1.82, 2.24) is 5.32 Å². The van der Waals surface area contributed by atoms with Gasteiger partial charge in [0.25, 0.3) is 0 Å². The van der Waals surface area contributed by atoms with E-state index in [0.29, 0.717) is 18.9 Å². The lowest BCUT2D eigenvalue weighted by Gasteiger charge is -2.57. The van der Waals surface area contributed by atoms with Crippen molar-refractivity contribution in [2.24, 2.45) is 23.0 Å². The summed E-state index contributed by atoms with van der Waals surface area (Å²) in [7, 11) is 0. The van der Waals surface area contributed by atoms with Crippen LogP contribution >= 0.6 is 0 Å². The van der Waals surface area contributed by atoms with Crippen molar-refractivity contribution in [3.8, 4) is 0 Å². The van der Waals surface area contributed by atoms with Crippen molar-refractivity contribution in [2.45, 2.75) is 65.0 Å². The fraction of sp³-hybridized carbons (Fsp3) is 0.938. The monoisotopic (exact) mass is 282 g/mol. The number of nitrogens with two attached hydrogens (primary N) is 1. The minimum atomic E-state index is -0.783. The zero-order valence-corrected chi connectivity index (χ0v) is 13.4. The van der Waals surface area contributed by atoms with Crippen molar-refractivity contribution in [3.05, 3.63) is 0 Å². The number of carbonyl (C=O) groups excluding carboxylic acids is 1. The molecule has 2 rings (SSSR count). The number of ether oxygens (including phenoxy) is 1. The molecule has 0 spiro atoms. The fourth-order valence-corrected chi connectivity index (χ4v) is 3.73. The Balaban J connectivity index is 1.89. The Kier molecular flexibility index (Phi) is 4.45. The first kappa shape index (κ1) is 15.8. The van der Waals surface area contributed by atoms with Gasteiger partial charge in [-0.1, -0.05) is 33.6 Å². The molecule has 0 aromatic rings. The Bertz CT molecular complexity index is 369. The van der Waals surface area contributed by atoms with Crippen LogP contribution in [0.4, 0.5) is 0 Å². The molecule has 2 aliphatic carbocycles. The van der Waals surface area contributed by atoms with Crippen LogP contribution in [0, 0.1) is 17.3 Å². The van der Waals surface area contributed by atoms with Gasteiger partial charge in [-0.2, -0.15) is 0 Å². The Hall–Kier alpha value is -0.610. The molecule has 0 saturated heterocycles. The maximum Gasteiger partial charge on any atom is 0.240 e. The number of hydrogen-bond acceptors (Lipinski definition) is 3. The molecular weight excluding hydrogens is 252 g/mol. The third kappa shape index (κ3) is 2.48. The second-order valence-electron chi connectivity index (χ2n) is 7.22. The Morgan fingerprint density at radius 2 is 2.10 bits per heavy atom. The van der Waals surface area contributed by atoms with Crippen LogP contribution in [-0.2, 0) is 9.53 Å². The van der Waals surface area contributed by atoms with E-state index in [1.807, 2.05) is 20.8 Å². The molecule has 3 N–H and O–H groups in total. The van der Waals surface area contributed by atoms with E-state index in [4.69, 9.17) is 10.5 Å². The Labute approximate surface area is 122 Å². The number of nitrogens with one attached hydrogen (secondary N) is 1. The van der Waals surface area contributed by atoms with Crippen LogP contribution < -0.4 is 11.1 Å². The summed E-state index contributed by atoms with van der Waals surface area (Å²) in [6, 6.07) is 0. The van der Waals surface area contributed by atoms with Gasteiger partial charge < -0.3 is 15.8 Å². The van der Waals surface area contributed by atoms with Gasteiger partial charge in [0.1, 0.15) is 5.54 Å². The van der Waals surface area contributed by atoms with Gasteiger partial charge in [-0.25, -0.2) is 0 Å². The molecule has 2 fully saturated rings. The van der Waals surface area contributed by atoms with E-state index in [9.17, 15) is 4.79 Å². The molecule has 0 aromatic heterocycles. The summed E-state index contributed by atoms with van der Waals surface area (Å²) in [5.41, 5.74) is 5.29. The predicted molar refractivity (Wildman–Crippen MR) is 80.2 cm³/mol. The molecular formula is C16H30N2O2. The van der Waals surface area contributed by atoms with Crippen molar-refractivity contribution < 1.29 is 9.53 Å². The smallest absolute Gasteiger partial charge is 0.240 e. The van der Waals surface area contributed by atoms with Crippen LogP contribution in [0.3, 0.4) is 0 Å². The van der Waals surface area contributed by atoms with Crippen molar-refractivity contribution in [2.75, 3.05) is 13.2 Å². The lowest BCUT2D eigenvalue weighted by molar-refractivity contribution is -0.170. The topological polar surface area (TPSA) is 64.3 Å². The molecule has 0 aliphatic heterocycles. The summed E-state index contributed by atoms with van der Waals surface area (Å²) in [5.74, 6) is 1.33. The molecule has 2 aliphatic rings. The number of amides is 1. The van der Waals surface area contributed by atoms with Gasteiger partial charge in [0.2, 0.25) is 5.91 Å². The van der Waals surface area contributed by atoms with Gasteiger partial charge in [0.05, 0.1) is 6.10 Å². The van der Waals surface area contributed by atoms with Crippen LogP contribution in [0.1, 0.15) is 53.4 Å². The minimum Gasteiger partial charge on any atom is -0.378 e. The zero-order valence-electron chi connectivity index (χ0n) is 13.4.